The van der Waals surface area contributed by atoms with Gasteiger partial charge < -0.3 is 15.0 Å². The van der Waals surface area contributed by atoms with E-state index >= 15 is 0 Å². The summed E-state index contributed by atoms with van der Waals surface area (Å²) >= 11 is 0. The molecule has 0 saturated carbocycles. The lowest BCUT2D eigenvalue weighted by molar-refractivity contribution is -0.0149. The first-order valence-corrected chi connectivity index (χ1v) is 9.15. The molecule has 1 atom stereocenters. The van der Waals surface area contributed by atoms with E-state index in [9.17, 15) is 4.79 Å². The Hall–Kier alpha value is -1.55. The van der Waals surface area contributed by atoms with Gasteiger partial charge in [-0.1, -0.05) is 31.2 Å². The highest BCUT2D eigenvalue weighted by Gasteiger charge is 2.24. The lowest BCUT2D eigenvalue weighted by Gasteiger charge is -2.35. The minimum atomic E-state index is -0.145. The lowest BCUT2D eigenvalue weighted by Crippen LogP contribution is -2.48. The van der Waals surface area contributed by atoms with Gasteiger partial charge in [0.2, 0.25) is 0 Å². The number of ether oxygens (including phenoxy) is 1. The van der Waals surface area contributed by atoms with Crippen molar-refractivity contribution in [2.24, 2.45) is 0 Å². The Morgan fingerprint density at radius 2 is 2.04 bits per heavy atom. The van der Waals surface area contributed by atoms with Crippen LogP contribution in [-0.4, -0.2) is 29.1 Å². The second-order valence-electron chi connectivity index (χ2n) is 7.63. The minimum Gasteiger partial charge on any atom is -0.371 e. The van der Waals surface area contributed by atoms with E-state index in [1.54, 1.807) is 0 Å². The monoisotopic (exact) mass is 332 g/mol. The Morgan fingerprint density at radius 1 is 1.29 bits per heavy atom. The van der Waals surface area contributed by atoms with Crippen molar-refractivity contribution in [3.63, 3.8) is 0 Å². The number of benzene rings is 1. The summed E-state index contributed by atoms with van der Waals surface area (Å²) in [5.41, 5.74) is 2.11. The number of nitrogens with zero attached hydrogens (tertiary/aromatic N) is 1. The Balaban J connectivity index is 1.88. The highest BCUT2D eigenvalue weighted by atomic mass is 16.5. The van der Waals surface area contributed by atoms with Crippen molar-refractivity contribution in [2.75, 3.05) is 6.54 Å². The molecule has 1 aliphatic heterocycles. The molecule has 1 saturated heterocycles. The number of carbonyl (C=O) groups is 1. The van der Waals surface area contributed by atoms with Gasteiger partial charge in [0.05, 0.1) is 12.2 Å². The molecule has 0 radical (unpaired) electrons. The van der Waals surface area contributed by atoms with Crippen LogP contribution < -0.4 is 5.32 Å². The van der Waals surface area contributed by atoms with Gasteiger partial charge in [0.1, 0.15) is 0 Å². The van der Waals surface area contributed by atoms with E-state index in [-0.39, 0.29) is 11.6 Å². The Kier molecular flexibility index (Phi) is 6.67. The molecule has 1 unspecified atom stereocenters. The van der Waals surface area contributed by atoms with Crippen LogP contribution in [0.5, 0.6) is 0 Å². The van der Waals surface area contributed by atoms with Crippen LogP contribution >= 0.6 is 0 Å². The number of urea groups is 1. The molecule has 4 nitrogen and oxygen atoms in total. The van der Waals surface area contributed by atoms with Crippen molar-refractivity contribution < 1.29 is 9.53 Å². The van der Waals surface area contributed by atoms with E-state index < -0.39 is 0 Å². The fourth-order valence-corrected chi connectivity index (χ4v) is 3.10. The third-order valence-corrected chi connectivity index (χ3v) is 4.47. The molecule has 1 fully saturated rings. The standard InChI is InChI=1S/C20H32N2O2/c1-5-18-11-6-7-12-22(18)19(23)21-14-16-9-8-10-17(13-16)15-24-20(2,3)4/h8-10,13,18H,5-7,11-12,14-15H2,1-4H3,(H,21,23). The molecular weight excluding hydrogens is 300 g/mol. The normalized spacial score (nSPS) is 18.5. The Morgan fingerprint density at radius 3 is 2.75 bits per heavy atom. The van der Waals surface area contributed by atoms with Gasteiger partial charge in [-0.3, -0.25) is 0 Å². The van der Waals surface area contributed by atoms with Gasteiger partial charge in [-0.15, -0.1) is 0 Å². The van der Waals surface area contributed by atoms with Crippen molar-refractivity contribution in [1.29, 1.82) is 0 Å². The summed E-state index contributed by atoms with van der Waals surface area (Å²) in [6.45, 7) is 10.4. The molecule has 1 heterocycles. The molecule has 24 heavy (non-hydrogen) atoms. The smallest absolute Gasteiger partial charge is 0.317 e. The summed E-state index contributed by atoms with van der Waals surface area (Å²) in [4.78, 5) is 14.5. The SMILES string of the molecule is CCC1CCCCN1C(=O)NCc1cccc(COC(C)(C)C)c1. The average Bonchev–Trinajstić information content (AvgIpc) is 2.57. The van der Waals surface area contributed by atoms with Gasteiger partial charge in [-0.25, -0.2) is 4.79 Å². The zero-order valence-electron chi connectivity index (χ0n) is 15.6. The zero-order chi connectivity index (χ0) is 17.6. The Labute approximate surface area is 146 Å². The molecule has 2 amide bonds. The van der Waals surface area contributed by atoms with Crippen molar-refractivity contribution in [3.8, 4) is 0 Å². The number of nitrogens with one attached hydrogen (secondary N) is 1. The molecular formula is C20H32N2O2. The number of rotatable bonds is 5. The quantitative estimate of drug-likeness (QED) is 0.864. The second-order valence-corrected chi connectivity index (χ2v) is 7.63. The Bertz CT molecular complexity index is 537. The maximum atomic E-state index is 12.5. The first-order valence-electron chi connectivity index (χ1n) is 9.15. The summed E-state index contributed by atoms with van der Waals surface area (Å²) < 4.78 is 5.82. The second kappa shape index (κ2) is 8.52. The molecule has 1 N–H and O–H groups in total. The van der Waals surface area contributed by atoms with Crippen LogP contribution in [0.2, 0.25) is 0 Å². The summed E-state index contributed by atoms with van der Waals surface area (Å²) in [7, 11) is 0. The molecule has 4 heteroatoms. The fraction of sp³-hybridized carbons (Fsp3) is 0.650. The van der Waals surface area contributed by atoms with Crippen molar-refractivity contribution >= 4 is 6.03 Å². The molecule has 0 bridgehead atoms. The number of piperidine rings is 1. The van der Waals surface area contributed by atoms with Crippen LogP contribution in [0.4, 0.5) is 4.79 Å². The predicted octanol–water partition coefficient (Wildman–Crippen LogP) is 4.48. The van der Waals surface area contributed by atoms with Crippen LogP contribution in [0.3, 0.4) is 0 Å². The maximum absolute atomic E-state index is 12.5. The third kappa shape index (κ3) is 5.82. The van der Waals surface area contributed by atoms with E-state index in [0.29, 0.717) is 19.2 Å². The number of hydrogen-bond acceptors (Lipinski definition) is 2. The van der Waals surface area contributed by atoms with Crippen LogP contribution in [-0.2, 0) is 17.9 Å². The summed E-state index contributed by atoms with van der Waals surface area (Å²) in [5, 5.41) is 3.08. The fourth-order valence-electron chi connectivity index (χ4n) is 3.10. The molecule has 0 aliphatic carbocycles. The number of amides is 2. The van der Waals surface area contributed by atoms with E-state index in [0.717, 1.165) is 36.9 Å². The lowest BCUT2D eigenvalue weighted by atomic mass is 10.0. The first kappa shape index (κ1) is 18.8. The summed E-state index contributed by atoms with van der Waals surface area (Å²) in [6, 6.07) is 8.71. The minimum absolute atomic E-state index is 0.0675. The highest BCUT2D eigenvalue weighted by molar-refractivity contribution is 5.74. The van der Waals surface area contributed by atoms with E-state index in [4.69, 9.17) is 4.74 Å². The van der Waals surface area contributed by atoms with Crippen molar-refractivity contribution in [2.45, 2.75) is 78.2 Å². The molecule has 2 rings (SSSR count). The number of carbonyl (C=O) groups excluding carboxylic acids is 1. The number of hydrogen-bond donors (Lipinski definition) is 1. The van der Waals surface area contributed by atoms with Crippen molar-refractivity contribution in [1.82, 2.24) is 10.2 Å². The molecule has 0 aromatic heterocycles. The summed E-state index contributed by atoms with van der Waals surface area (Å²) in [5.74, 6) is 0. The average molecular weight is 332 g/mol. The van der Waals surface area contributed by atoms with E-state index in [1.807, 2.05) is 17.0 Å². The predicted molar refractivity (Wildman–Crippen MR) is 97.9 cm³/mol. The largest absolute Gasteiger partial charge is 0.371 e. The molecule has 0 spiro atoms. The van der Waals surface area contributed by atoms with Gasteiger partial charge in [-0.2, -0.15) is 0 Å². The van der Waals surface area contributed by atoms with Gasteiger partial charge >= 0.3 is 6.03 Å². The first-order chi connectivity index (χ1) is 11.4. The van der Waals surface area contributed by atoms with E-state index in [2.05, 4.69) is 45.1 Å². The van der Waals surface area contributed by atoms with Crippen LogP contribution in [0.1, 0.15) is 64.5 Å². The van der Waals surface area contributed by atoms with Gasteiger partial charge in [0.15, 0.2) is 0 Å². The van der Waals surface area contributed by atoms with Gasteiger partial charge in [-0.05, 0) is 57.6 Å². The molecule has 1 aromatic carbocycles. The van der Waals surface area contributed by atoms with E-state index in [1.165, 1.54) is 6.42 Å². The van der Waals surface area contributed by atoms with Crippen LogP contribution in [0, 0.1) is 0 Å². The van der Waals surface area contributed by atoms with Gasteiger partial charge in [0.25, 0.3) is 0 Å². The van der Waals surface area contributed by atoms with Gasteiger partial charge in [0, 0.05) is 19.1 Å². The van der Waals surface area contributed by atoms with Crippen molar-refractivity contribution in [3.05, 3.63) is 35.4 Å². The van der Waals surface area contributed by atoms with Crippen LogP contribution in [0.15, 0.2) is 24.3 Å². The van der Waals surface area contributed by atoms with Crippen LogP contribution in [0.25, 0.3) is 0 Å². The topological polar surface area (TPSA) is 41.6 Å². The molecule has 1 aromatic rings. The maximum Gasteiger partial charge on any atom is 0.317 e. The molecule has 1 aliphatic rings. The number of likely N-dealkylation sites (tertiary alicyclic amines) is 1. The molecule has 134 valence electrons. The third-order valence-electron chi connectivity index (χ3n) is 4.47. The summed E-state index contributed by atoms with van der Waals surface area (Å²) in [6.07, 6.45) is 4.51. The zero-order valence-corrected chi connectivity index (χ0v) is 15.6. The highest BCUT2D eigenvalue weighted by Crippen LogP contribution is 2.19.